The van der Waals surface area contributed by atoms with E-state index in [4.69, 9.17) is 5.73 Å². The van der Waals surface area contributed by atoms with Crippen molar-refractivity contribution in [2.24, 2.45) is 5.73 Å². The van der Waals surface area contributed by atoms with Crippen LogP contribution in [0.2, 0.25) is 0 Å². The van der Waals surface area contributed by atoms with Gasteiger partial charge in [0.25, 0.3) is 0 Å². The summed E-state index contributed by atoms with van der Waals surface area (Å²) in [5.74, 6) is 0. The van der Waals surface area contributed by atoms with Gasteiger partial charge in [0.15, 0.2) is 0 Å². The quantitative estimate of drug-likeness (QED) is 0.544. The molecule has 2 heterocycles. The molecule has 0 aromatic carbocycles. The number of hydrogen-bond acceptors (Lipinski definition) is 4. The Morgan fingerprint density at radius 1 is 1.27 bits per heavy atom. The SMILES string of the molecule is CC1(C)N2CN(CCN)CN21. The predicted molar refractivity (Wildman–Crippen MR) is 43.3 cm³/mol. The summed E-state index contributed by atoms with van der Waals surface area (Å²) in [6, 6.07) is 0. The van der Waals surface area contributed by atoms with Crippen LogP contribution in [0.15, 0.2) is 0 Å². The molecule has 0 radical (unpaired) electrons. The topological polar surface area (TPSA) is 35.3 Å². The standard InChI is InChI=1S/C7H16N4/c1-7(2)10-5-9(4-3-8)6-11(7)10/h3-6,8H2,1-2H3. The maximum absolute atomic E-state index is 5.46. The van der Waals surface area contributed by atoms with E-state index < -0.39 is 0 Å². The predicted octanol–water partition coefficient (Wildman–Crippen LogP) is -0.556. The van der Waals surface area contributed by atoms with Gasteiger partial charge in [-0.15, -0.1) is 0 Å². The Kier molecular flexibility index (Phi) is 1.47. The van der Waals surface area contributed by atoms with Crippen molar-refractivity contribution < 1.29 is 0 Å². The highest BCUT2D eigenvalue weighted by atomic mass is 16.0. The van der Waals surface area contributed by atoms with E-state index in [0.717, 1.165) is 26.4 Å². The van der Waals surface area contributed by atoms with Gasteiger partial charge in [0.05, 0.1) is 19.0 Å². The third-order valence-corrected chi connectivity index (χ3v) is 2.63. The van der Waals surface area contributed by atoms with Crippen LogP contribution in [-0.4, -0.2) is 47.0 Å². The van der Waals surface area contributed by atoms with Crippen LogP contribution in [0.4, 0.5) is 0 Å². The van der Waals surface area contributed by atoms with E-state index in [1.165, 1.54) is 0 Å². The van der Waals surface area contributed by atoms with E-state index >= 15 is 0 Å². The van der Waals surface area contributed by atoms with E-state index in [9.17, 15) is 0 Å². The molecule has 64 valence electrons. The van der Waals surface area contributed by atoms with Crippen LogP contribution >= 0.6 is 0 Å². The molecule has 2 saturated heterocycles. The second-order valence-corrected chi connectivity index (χ2v) is 3.76. The van der Waals surface area contributed by atoms with Crippen LogP contribution in [0.25, 0.3) is 0 Å². The normalized spacial score (nSPS) is 40.6. The minimum Gasteiger partial charge on any atom is -0.329 e. The van der Waals surface area contributed by atoms with Crippen molar-refractivity contribution in [1.29, 1.82) is 0 Å². The Morgan fingerprint density at radius 2 is 1.82 bits per heavy atom. The molecule has 2 unspecified atom stereocenters. The smallest absolute Gasteiger partial charge is 0.0979 e. The Bertz CT molecular complexity index is 154. The van der Waals surface area contributed by atoms with Gasteiger partial charge in [-0.25, -0.2) is 10.0 Å². The molecule has 0 spiro atoms. The van der Waals surface area contributed by atoms with Crippen LogP contribution in [0.1, 0.15) is 13.8 Å². The zero-order valence-corrected chi connectivity index (χ0v) is 7.25. The first-order valence-corrected chi connectivity index (χ1v) is 4.14. The van der Waals surface area contributed by atoms with Crippen molar-refractivity contribution >= 4 is 0 Å². The van der Waals surface area contributed by atoms with E-state index in [0.29, 0.717) is 5.66 Å². The first-order valence-electron chi connectivity index (χ1n) is 4.14. The van der Waals surface area contributed by atoms with Crippen LogP contribution in [0.3, 0.4) is 0 Å². The van der Waals surface area contributed by atoms with Crippen molar-refractivity contribution in [3.05, 3.63) is 0 Å². The molecule has 0 aromatic rings. The molecule has 2 fully saturated rings. The Balaban J connectivity index is 1.85. The van der Waals surface area contributed by atoms with Gasteiger partial charge in [-0.2, -0.15) is 0 Å². The van der Waals surface area contributed by atoms with Crippen molar-refractivity contribution in [1.82, 2.24) is 14.9 Å². The van der Waals surface area contributed by atoms with Gasteiger partial charge in [0.2, 0.25) is 0 Å². The molecule has 4 heteroatoms. The third-order valence-electron chi connectivity index (χ3n) is 2.63. The highest BCUT2D eigenvalue weighted by Crippen LogP contribution is 2.42. The lowest BCUT2D eigenvalue weighted by atomic mass is 10.3. The van der Waals surface area contributed by atoms with Crippen LogP contribution in [0.5, 0.6) is 0 Å². The molecule has 11 heavy (non-hydrogen) atoms. The lowest BCUT2D eigenvalue weighted by Gasteiger charge is -2.18. The average Bonchev–Trinajstić information content (AvgIpc) is 2.37. The molecule has 0 aromatic heterocycles. The van der Waals surface area contributed by atoms with Crippen molar-refractivity contribution in [2.45, 2.75) is 19.5 Å². The molecule has 2 N–H and O–H groups in total. The molecular weight excluding hydrogens is 140 g/mol. The number of nitrogens with two attached hydrogens (primary N) is 1. The Labute approximate surface area is 67.5 Å². The summed E-state index contributed by atoms with van der Waals surface area (Å²) < 4.78 is 0. The maximum atomic E-state index is 5.46. The van der Waals surface area contributed by atoms with E-state index in [2.05, 4.69) is 28.8 Å². The van der Waals surface area contributed by atoms with Gasteiger partial charge < -0.3 is 5.73 Å². The molecule has 4 nitrogen and oxygen atoms in total. The van der Waals surface area contributed by atoms with Crippen molar-refractivity contribution in [3.63, 3.8) is 0 Å². The first-order chi connectivity index (χ1) is 5.16. The highest BCUT2D eigenvalue weighted by molar-refractivity contribution is 4.96. The zero-order chi connectivity index (χ0) is 8.06. The summed E-state index contributed by atoms with van der Waals surface area (Å²) in [6.07, 6.45) is 0. The summed E-state index contributed by atoms with van der Waals surface area (Å²) in [6.45, 7) is 8.39. The first kappa shape index (κ1) is 7.49. The minimum absolute atomic E-state index is 0.325. The second kappa shape index (κ2) is 2.17. The average molecular weight is 156 g/mol. The zero-order valence-electron chi connectivity index (χ0n) is 7.25. The molecule has 0 aliphatic carbocycles. The van der Waals surface area contributed by atoms with Gasteiger partial charge in [0, 0.05) is 13.1 Å². The summed E-state index contributed by atoms with van der Waals surface area (Å²) >= 11 is 0. The molecule has 0 amide bonds. The number of nitrogens with zero attached hydrogens (tertiary/aromatic N) is 3. The summed E-state index contributed by atoms with van der Waals surface area (Å²) in [4.78, 5) is 2.35. The molecule has 2 rings (SSSR count). The molecule has 2 aliphatic rings. The van der Waals surface area contributed by atoms with Gasteiger partial charge in [-0.05, 0) is 13.8 Å². The molecule has 0 saturated carbocycles. The van der Waals surface area contributed by atoms with Crippen molar-refractivity contribution in [2.75, 3.05) is 26.4 Å². The fourth-order valence-electron chi connectivity index (χ4n) is 1.74. The lowest BCUT2D eigenvalue weighted by Crippen LogP contribution is -2.35. The molecule has 2 atom stereocenters. The molecular formula is C7H16N4. The van der Waals surface area contributed by atoms with Gasteiger partial charge in [-0.3, -0.25) is 4.90 Å². The van der Waals surface area contributed by atoms with Crippen LogP contribution < -0.4 is 5.73 Å². The Hall–Kier alpha value is -0.160. The van der Waals surface area contributed by atoms with E-state index in [1.807, 2.05) is 0 Å². The van der Waals surface area contributed by atoms with Crippen molar-refractivity contribution in [3.8, 4) is 0 Å². The summed E-state index contributed by atoms with van der Waals surface area (Å²) in [7, 11) is 0. The number of fused-ring (bicyclic) bond motifs is 1. The second-order valence-electron chi connectivity index (χ2n) is 3.76. The fourth-order valence-corrected chi connectivity index (χ4v) is 1.74. The summed E-state index contributed by atoms with van der Waals surface area (Å²) in [5, 5.41) is 4.73. The van der Waals surface area contributed by atoms with E-state index in [1.54, 1.807) is 0 Å². The summed E-state index contributed by atoms with van der Waals surface area (Å²) in [5.41, 5.74) is 5.78. The van der Waals surface area contributed by atoms with Crippen LogP contribution in [-0.2, 0) is 0 Å². The molecule has 0 bridgehead atoms. The number of hydrogen-bond donors (Lipinski definition) is 1. The third kappa shape index (κ3) is 0.980. The largest absolute Gasteiger partial charge is 0.329 e. The fraction of sp³-hybridized carbons (Fsp3) is 1.00. The Morgan fingerprint density at radius 3 is 2.27 bits per heavy atom. The van der Waals surface area contributed by atoms with Crippen LogP contribution in [0, 0.1) is 0 Å². The van der Waals surface area contributed by atoms with Gasteiger partial charge in [0.1, 0.15) is 0 Å². The lowest BCUT2D eigenvalue weighted by molar-refractivity contribution is 0.232. The number of rotatable bonds is 2. The molecule has 2 aliphatic heterocycles. The highest BCUT2D eigenvalue weighted by Gasteiger charge is 2.58. The van der Waals surface area contributed by atoms with E-state index in [-0.39, 0.29) is 0 Å². The minimum atomic E-state index is 0.325. The number of hydrazine groups is 1. The maximum Gasteiger partial charge on any atom is 0.0979 e. The monoisotopic (exact) mass is 156 g/mol. The van der Waals surface area contributed by atoms with Gasteiger partial charge in [-0.1, -0.05) is 0 Å². The van der Waals surface area contributed by atoms with Gasteiger partial charge >= 0.3 is 0 Å².